The fourth-order valence-corrected chi connectivity index (χ4v) is 2.10. The topological polar surface area (TPSA) is 74.7 Å². The molecule has 0 aliphatic heterocycles. The molecule has 0 bridgehead atoms. The number of aromatic nitrogens is 1. The summed E-state index contributed by atoms with van der Waals surface area (Å²) in [6, 6.07) is 0. The molecule has 0 amide bonds. The highest BCUT2D eigenvalue weighted by Gasteiger charge is 2.09. The van der Waals surface area contributed by atoms with Crippen molar-refractivity contribution in [3.05, 3.63) is 16.1 Å². The molecule has 0 unspecified atom stereocenters. The summed E-state index contributed by atoms with van der Waals surface area (Å²) in [5.41, 5.74) is 6.55. The Balaban J connectivity index is 2.57. The van der Waals surface area contributed by atoms with E-state index in [0.717, 1.165) is 30.2 Å². The second kappa shape index (κ2) is 6.44. The third-order valence-corrected chi connectivity index (χ3v) is 2.93. The van der Waals surface area contributed by atoms with Crippen LogP contribution in [0.2, 0.25) is 0 Å². The van der Waals surface area contributed by atoms with Gasteiger partial charge in [-0.2, -0.15) is 0 Å². The molecule has 0 fully saturated rings. The maximum atomic E-state index is 8.54. The molecule has 5 nitrogen and oxygen atoms in total. The fourth-order valence-electron chi connectivity index (χ4n) is 1.50. The van der Waals surface area contributed by atoms with Crippen LogP contribution in [0.5, 0.6) is 0 Å². The molecule has 0 spiro atoms. The molecule has 90 valence electrons. The lowest BCUT2D eigenvalue weighted by molar-refractivity contribution is 0.284. The average molecular weight is 242 g/mol. The van der Waals surface area contributed by atoms with Crippen LogP contribution >= 0.6 is 11.3 Å². The second-order valence-corrected chi connectivity index (χ2v) is 4.72. The van der Waals surface area contributed by atoms with Crippen LogP contribution in [0.25, 0.3) is 0 Å². The summed E-state index contributed by atoms with van der Waals surface area (Å²) in [5, 5.41) is 14.6. The van der Waals surface area contributed by atoms with E-state index in [1.54, 1.807) is 11.3 Å². The molecule has 6 heteroatoms. The first kappa shape index (κ1) is 12.9. The molecule has 1 rings (SSSR count). The van der Waals surface area contributed by atoms with Crippen molar-refractivity contribution in [2.45, 2.75) is 26.8 Å². The van der Waals surface area contributed by atoms with Crippen LogP contribution < -0.4 is 5.73 Å². The first-order valence-corrected chi connectivity index (χ1v) is 6.13. The van der Waals surface area contributed by atoms with Gasteiger partial charge in [0.2, 0.25) is 0 Å². The van der Waals surface area contributed by atoms with E-state index in [2.05, 4.69) is 22.0 Å². The maximum absolute atomic E-state index is 8.54. The zero-order valence-electron chi connectivity index (χ0n) is 9.68. The Kier molecular flexibility index (Phi) is 5.21. The molecule has 0 aliphatic carbocycles. The molecule has 0 atom stereocenters. The van der Waals surface area contributed by atoms with Gasteiger partial charge in [0.25, 0.3) is 0 Å². The molecule has 0 aliphatic rings. The van der Waals surface area contributed by atoms with Crippen molar-refractivity contribution in [3.63, 3.8) is 0 Å². The first-order valence-electron chi connectivity index (χ1n) is 5.25. The molecule has 0 radical (unpaired) electrons. The summed E-state index contributed by atoms with van der Waals surface area (Å²) >= 11 is 1.64. The molecule has 1 aromatic rings. The fraction of sp³-hybridized carbons (Fsp3) is 0.600. The quantitative estimate of drug-likeness (QED) is 0.342. The highest BCUT2D eigenvalue weighted by atomic mass is 32.1. The van der Waals surface area contributed by atoms with Gasteiger partial charge in [0.05, 0.1) is 17.2 Å². The Bertz CT molecular complexity index is 350. The molecule has 16 heavy (non-hydrogen) atoms. The van der Waals surface area contributed by atoms with Crippen molar-refractivity contribution in [2.75, 3.05) is 13.1 Å². The Morgan fingerprint density at radius 2 is 2.44 bits per heavy atom. The van der Waals surface area contributed by atoms with Gasteiger partial charge in [0.15, 0.2) is 5.84 Å². The van der Waals surface area contributed by atoms with Crippen LogP contribution in [-0.4, -0.2) is 34.0 Å². The molecule has 0 saturated heterocycles. The van der Waals surface area contributed by atoms with Gasteiger partial charge in [-0.15, -0.1) is 11.3 Å². The summed E-state index contributed by atoms with van der Waals surface area (Å²) in [6.45, 7) is 6.22. The number of aryl methyl sites for hydroxylation is 1. The third-order valence-electron chi connectivity index (χ3n) is 2.11. The van der Waals surface area contributed by atoms with E-state index in [1.165, 1.54) is 0 Å². The van der Waals surface area contributed by atoms with Gasteiger partial charge in [-0.25, -0.2) is 4.98 Å². The first-order chi connectivity index (χ1) is 7.65. The minimum Gasteiger partial charge on any atom is -0.409 e. The molecule has 1 aromatic heterocycles. The van der Waals surface area contributed by atoms with Crippen molar-refractivity contribution in [1.29, 1.82) is 0 Å². The van der Waals surface area contributed by atoms with Gasteiger partial charge in [-0.3, -0.25) is 4.90 Å². The predicted molar refractivity (Wildman–Crippen MR) is 65.8 cm³/mol. The Morgan fingerprint density at radius 1 is 1.69 bits per heavy atom. The van der Waals surface area contributed by atoms with Gasteiger partial charge in [0, 0.05) is 11.9 Å². The SMILES string of the molecule is CCCN(CC(N)=NO)Cc1csc(C)n1. The number of oxime groups is 1. The van der Waals surface area contributed by atoms with Gasteiger partial charge in [-0.05, 0) is 19.9 Å². The average Bonchev–Trinajstić information content (AvgIpc) is 2.64. The van der Waals surface area contributed by atoms with E-state index in [9.17, 15) is 0 Å². The number of nitrogens with zero attached hydrogens (tertiary/aromatic N) is 3. The largest absolute Gasteiger partial charge is 0.409 e. The minimum absolute atomic E-state index is 0.236. The van der Waals surface area contributed by atoms with E-state index >= 15 is 0 Å². The van der Waals surface area contributed by atoms with Crippen LogP contribution in [0.4, 0.5) is 0 Å². The van der Waals surface area contributed by atoms with Crippen LogP contribution in [0.15, 0.2) is 10.5 Å². The summed E-state index contributed by atoms with van der Waals surface area (Å²) in [4.78, 5) is 6.51. The molecule has 0 aromatic carbocycles. The molecular weight excluding hydrogens is 224 g/mol. The Hall–Kier alpha value is -1.14. The number of thiazole rings is 1. The lowest BCUT2D eigenvalue weighted by atomic mass is 10.3. The molecular formula is C10H18N4OS. The van der Waals surface area contributed by atoms with Gasteiger partial charge < -0.3 is 10.9 Å². The van der Waals surface area contributed by atoms with E-state index in [1.807, 2.05) is 12.3 Å². The summed E-state index contributed by atoms with van der Waals surface area (Å²) in [5.74, 6) is 0.236. The van der Waals surface area contributed by atoms with E-state index in [-0.39, 0.29) is 5.84 Å². The molecule has 3 N–H and O–H groups in total. The second-order valence-electron chi connectivity index (χ2n) is 3.66. The van der Waals surface area contributed by atoms with E-state index in [4.69, 9.17) is 10.9 Å². The number of hydrogen-bond donors (Lipinski definition) is 2. The zero-order valence-corrected chi connectivity index (χ0v) is 10.5. The maximum Gasteiger partial charge on any atom is 0.153 e. The lowest BCUT2D eigenvalue weighted by Crippen LogP contribution is -2.34. The number of nitrogens with two attached hydrogens (primary N) is 1. The van der Waals surface area contributed by atoms with Crippen molar-refractivity contribution in [1.82, 2.24) is 9.88 Å². The number of hydrogen-bond acceptors (Lipinski definition) is 5. The van der Waals surface area contributed by atoms with Gasteiger partial charge in [0.1, 0.15) is 0 Å². The summed E-state index contributed by atoms with van der Waals surface area (Å²) in [6.07, 6.45) is 1.03. The van der Waals surface area contributed by atoms with E-state index in [0.29, 0.717) is 6.54 Å². The Labute approximate surface area is 99.6 Å². The summed E-state index contributed by atoms with van der Waals surface area (Å²) in [7, 11) is 0. The van der Waals surface area contributed by atoms with E-state index < -0.39 is 0 Å². The Morgan fingerprint density at radius 3 is 2.94 bits per heavy atom. The highest BCUT2D eigenvalue weighted by Crippen LogP contribution is 2.10. The lowest BCUT2D eigenvalue weighted by Gasteiger charge is -2.19. The van der Waals surface area contributed by atoms with Crippen LogP contribution in [0.3, 0.4) is 0 Å². The van der Waals surface area contributed by atoms with Gasteiger partial charge >= 0.3 is 0 Å². The van der Waals surface area contributed by atoms with Crippen molar-refractivity contribution in [3.8, 4) is 0 Å². The van der Waals surface area contributed by atoms with Gasteiger partial charge in [-0.1, -0.05) is 12.1 Å². The predicted octanol–water partition coefficient (Wildman–Crippen LogP) is 1.41. The molecule has 0 saturated carbocycles. The number of amidine groups is 1. The normalized spacial score (nSPS) is 12.3. The monoisotopic (exact) mass is 242 g/mol. The van der Waals surface area contributed by atoms with Crippen molar-refractivity contribution >= 4 is 17.2 Å². The van der Waals surface area contributed by atoms with Crippen LogP contribution in [0, 0.1) is 6.92 Å². The highest BCUT2D eigenvalue weighted by molar-refractivity contribution is 7.09. The third kappa shape index (κ3) is 4.16. The molecule has 1 heterocycles. The zero-order chi connectivity index (χ0) is 12.0. The number of rotatable bonds is 6. The van der Waals surface area contributed by atoms with Crippen LogP contribution in [0.1, 0.15) is 24.0 Å². The minimum atomic E-state index is 0.236. The standard InChI is InChI=1S/C10H18N4OS/c1-3-4-14(6-10(11)13-15)5-9-7-16-8(2)12-9/h7,15H,3-6H2,1-2H3,(H2,11,13). The smallest absolute Gasteiger partial charge is 0.153 e. The van der Waals surface area contributed by atoms with Crippen LogP contribution in [-0.2, 0) is 6.54 Å². The van der Waals surface area contributed by atoms with Crippen molar-refractivity contribution in [2.24, 2.45) is 10.9 Å². The summed E-state index contributed by atoms with van der Waals surface area (Å²) < 4.78 is 0. The van der Waals surface area contributed by atoms with Crippen molar-refractivity contribution < 1.29 is 5.21 Å².